The van der Waals surface area contributed by atoms with E-state index < -0.39 is 0 Å². The van der Waals surface area contributed by atoms with Gasteiger partial charge in [0.15, 0.2) is 5.82 Å². The first-order valence-corrected chi connectivity index (χ1v) is 4.49. The van der Waals surface area contributed by atoms with Crippen LogP contribution in [0, 0.1) is 6.92 Å². The molecule has 0 atom stereocenters. The zero-order valence-corrected chi connectivity index (χ0v) is 8.31. The Hall–Kier alpha value is -1.20. The normalized spacial score (nSPS) is 10.8. The van der Waals surface area contributed by atoms with Crippen molar-refractivity contribution in [1.29, 1.82) is 0 Å². The van der Waals surface area contributed by atoms with Crippen LogP contribution in [0.2, 0.25) is 0 Å². The van der Waals surface area contributed by atoms with E-state index in [-0.39, 0.29) is 6.61 Å². The van der Waals surface area contributed by atoms with Gasteiger partial charge < -0.3 is 9.63 Å². The van der Waals surface area contributed by atoms with Gasteiger partial charge >= 0.3 is 0 Å². The van der Waals surface area contributed by atoms with E-state index in [2.05, 4.69) is 16.7 Å². The molecule has 0 aliphatic carbocycles. The Morgan fingerprint density at radius 3 is 2.93 bits per heavy atom. The zero-order valence-electron chi connectivity index (χ0n) is 8.31. The third kappa shape index (κ3) is 3.27. The molecule has 14 heavy (non-hydrogen) atoms. The van der Waals surface area contributed by atoms with Gasteiger partial charge in [-0.25, -0.2) is 0 Å². The first-order chi connectivity index (χ1) is 6.76. The first-order valence-electron chi connectivity index (χ1n) is 4.49. The number of aromatic nitrogens is 2. The van der Waals surface area contributed by atoms with E-state index in [9.17, 15) is 0 Å². The number of aliphatic hydroxyl groups is 1. The molecular formula is C9H15N3O2. The zero-order chi connectivity index (χ0) is 10.4. The summed E-state index contributed by atoms with van der Waals surface area (Å²) in [7, 11) is 0. The highest BCUT2D eigenvalue weighted by molar-refractivity contribution is 4.85. The van der Waals surface area contributed by atoms with Crippen LogP contribution < -0.4 is 0 Å². The van der Waals surface area contributed by atoms with Crippen molar-refractivity contribution >= 4 is 0 Å². The molecule has 0 amide bonds. The van der Waals surface area contributed by atoms with Gasteiger partial charge in [0.05, 0.1) is 13.2 Å². The smallest absolute Gasteiger partial charge is 0.223 e. The molecule has 0 aromatic carbocycles. The highest BCUT2D eigenvalue weighted by Crippen LogP contribution is 2.00. The van der Waals surface area contributed by atoms with E-state index >= 15 is 0 Å². The largest absolute Gasteiger partial charge is 0.395 e. The van der Waals surface area contributed by atoms with Gasteiger partial charge in [0, 0.05) is 20.0 Å². The lowest BCUT2D eigenvalue weighted by molar-refractivity contribution is 0.199. The molecule has 0 saturated heterocycles. The second-order valence-corrected chi connectivity index (χ2v) is 2.98. The Morgan fingerprint density at radius 2 is 2.43 bits per heavy atom. The van der Waals surface area contributed by atoms with Crippen molar-refractivity contribution in [3.63, 3.8) is 0 Å². The summed E-state index contributed by atoms with van der Waals surface area (Å²) >= 11 is 0. The number of hydrogen-bond donors (Lipinski definition) is 1. The molecule has 78 valence electrons. The van der Waals surface area contributed by atoms with Crippen molar-refractivity contribution in [3.8, 4) is 0 Å². The number of nitrogens with zero attached hydrogens (tertiary/aromatic N) is 3. The van der Waals surface area contributed by atoms with Crippen LogP contribution >= 0.6 is 0 Å². The molecule has 0 fully saturated rings. The molecule has 0 aliphatic heterocycles. The lowest BCUT2D eigenvalue weighted by Crippen LogP contribution is -2.27. The van der Waals surface area contributed by atoms with Crippen molar-refractivity contribution in [2.45, 2.75) is 13.5 Å². The van der Waals surface area contributed by atoms with E-state index in [1.807, 2.05) is 4.90 Å². The summed E-state index contributed by atoms with van der Waals surface area (Å²) in [6.45, 7) is 7.37. The van der Waals surface area contributed by atoms with Crippen LogP contribution in [0.3, 0.4) is 0 Å². The van der Waals surface area contributed by atoms with Gasteiger partial charge in [-0.05, 0) is 0 Å². The van der Waals surface area contributed by atoms with Crippen LogP contribution in [-0.4, -0.2) is 39.8 Å². The molecule has 0 unspecified atom stereocenters. The maximum absolute atomic E-state index is 8.81. The predicted octanol–water partition coefficient (Wildman–Crippen LogP) is 0.358. The topological polar surface area (TPSA) is 62.4 Å². The maximum atomic E-state index is 8.81. The van der Waals surface area contributed by atoms with Gasteiger partial charge in [-0.1, -0.05) is 11.2 Å². The molecule has 5 nitrogen and oxygen atoms in total. The summed E-state index contributed by atoms with van der Waals surface area (Å²) in [4.78, 5) is 6.06. The molecule has 1 rings (SSSR count). The summed E-state index contributed by atoms with van der Waals surface area (Å²) in [6, 6.07) is 0. The minimum absolute atomic E-state index is 0.116. The molecular weight excluding hydrogens is 182 g/mol. The standard InChI is InChI=1S/C9H15N3O2/c1-3-4-12(5-6-13)7-9-10-8(2)14-11-9/h3,13H,1,4-7H2,2H3. The molecule has 0 saturated carbocycles. The SMILES string of the molecule is C=CCN(CCO)Cc1noc(C)n1. The van der Waals surface area contributed by atoms with Crippen molar-refractivity contribution in [1.82, 2.24) is 15.0 Å². The fraction of sp³-hybridized carbons (Fsp3) is 0.556. The second-order valence-electron chi connectivity index (χ2n) is 2.98. The van der Waals surface area contributed by atoms with Gasteiger partial charge in [0.25, 0.3) is 0 Å². The predicted molar refractivity (Wildman–Crippen MR) is 51.6 cm³/mol. The third-order valence-electron chi connectivity index (χ3n) is 1.74. The molecule has 1 aromatic rings. The molecule has 0 aliphatic rings. The summed E-state index contributed by atoms with van der Waals surface area (Å²) in [5.41, 5.74) is 0. The van der Waals surface area contributed by atoms with E-state index in [4.69, 9.17) is 9.63 Å². The van der Waals surface area contributed by atoms with Crippen molar-refractivity contribution in [2.75, 3.05) is 19.7 Å². The summed E-state index contributed by atoms with van der Waals surface area (Å²) in [5, 5.41) is 12.6. The summed E-state index contributed by atoms with van der Waals surface area (Å²) < 4.78 is 4.85. The monoisotopic (exact) mass is 197 g/mol. The third-order valence-corrected chi connectivity index (χ3v) is 1.74. The Bertz CT molecular complexity index is 285. The summed E-state index contributed by atoms with van der Waals surface area (Å²) in [5.74, 6) is 1.19. The number of aryl methyl sites for hydroxylation is 1. The highest BCUT2D eigenvalue weighted by atomic mass is 16.5. The van der Waals surface area contributed by atoms with Crippen LogP contribution in [0.4, 0.5) is 0 Å². The lowest BCUT2D eigenvalue weighted by Gasteiger charge is -2.16. The molecule has 0 bridgehead atoms. The van der Waals surface area contributed by atoms with Gasteiger partial charge in [-0.3, -0.25) is 4.90 Å². The second kappa shape index (κ2) is 5.51. The fourth-order valence-electron chi connectivity index (χ4n) is 1.16. The highest BCUT2D eigenvalue weighted by Gasteiger charge is 2.08. The Balaban J connectivity index is 2.49. The van der Waals surface area contributed by atoms with Crippen molar-refractivity contribution in [2.24, 2.45) is 0 Å². The van der Waals surface area contributed by atoms with Gasteiger partial charge in [0.1, 0.15) is 0 Å². The molecule has 0 spiro atoms. The first kappa shape index (κ1) is 10.9. The van der Waals surface area contributed by atoms with Crippen LogP contribution in [0.5, 0.6) is 0 Å². The van der Waals surface area contributed by atoms with Crippen molar-refractivity contribution < 1.29 is 9.63 Å². The summed E-state index contributed by atoms with van der Waals surface area (Å²) in [6.07, 6.45) is 1.78. The van der Waals surface area contributed by atoms with E-state index in [0.717, 1.165) is 0 Å². The van der Waals surface area contributed by atoms with Crippen molar-refractivity contribution in [3.05, 3.63) is 24.4 Å². The average molecular weight is 197 g/mol. The van der Waals surface area contributed by atoms with Crippen LogP contribution in [-0.2, 0) is 6.54 Å². The van der Waals surface area contributed by atoms with E-state index in [1.54, 1.807) is 13.0 Å². The van der Waals surface area contributed by atoms with Gasteiger partial charge in [-0.2, -0.15) is 4.98 Å². The van der Waals surface area contributed by atoms with Gasteiger partial charge in [0.2, 0.25) is 5.89 Å². The number of aliphatic hydroxyl groups excluding tert-OH is 1. The van der Waals surface area contributed by atoms with E-state index in [0.29, 0.717) is 31.3 Å². The lowest BCUT2D eigenvalue weighted by atomic mass is 10.4. The van der Waals surface area contributed by atoms with Gasteiger partial charge in [-0.15, -0.1) is 6.58 Å². The fourth-order valence-corrected chi connectivity index (χ4v) is 1.16. The van der Waals surface area contributed by atoms with Crippen LogP contribution in [0.1, 0.15) is 11.7 Å². The van der Waals surface area contributed by atoms with Crippen LogP contribution in [0.15, 0.2) is 17.2 Å². The average Bonchev–Trinajstić information content (AvgIpc) is 2.52. The Morgan fingerprint density at radius 1 is 1.64 bits per heavy atom. The molecule has 5 heteroatoms. The molecule has 1 aromatic heterocycles. The number of hydrogen-bond acceptors (Lipinski definition) is 5. The van der Waals surface area contributed by atoms with E-state index in [1.165, 1.54) is 0 Å². The quantitative estimate of drug-likeness (QED) is 0.667. The molecule has 1 N–H and O–H groups in total. The minimum atomic E-state index is 0.116. The Kier molecular flexibility index (Phi) is 4.28. The maximum Gasteiger partial charge on any atom is 0.223 e. The molecule has 1 heterocycles. The Labute approximate surface area is 83.0 Å². The molecule has 0 radical (unpaired) electrons. The minimum Gasteiger partial charge on any atom is -0.395 e. The number of rotatable bonds is 6. The van der Waals surface area contributed by atoms with Crippen LogP contribution in [0.25, 0.3) is 0 Å².